The highest BCUT2D eigenvalue weighted by Gasteiger charge is 2.29. The third-order valence-electron chi connectivity index (χ3n) is 4.34. The Hall–Kier alpha value is -1.70. The van der Waals surface area contributed by atoms with Crippen molar-refractivity contribution in [2.75, 3.05) is 16.8 Å². The zero-order chi connectivity index (χ0) is 16.4. The van der Waals surface area contributed by atoms with Gasteiger partial charge in [-0.15, -0.1) is 0 Å². The monoisotopic (exact) mass is 338 g/mol. The molecule has 1 saturated heterocycles. The number of carbonyl (C=O) groups excluding carboxylic acids is 1. The van der Waals surface area contributed by atoms with Gasteiger partial charge in [-0.1, -0.05) is 12.8 Å². The van der Waals surface area contributed by atoms with Crippen molar-refractivity contribution in [3.8, 4) is 0 Å². The molecule has 1 atom stereocenters. The standard InChI is InChI=1S/C15H22N4O3S/c1-10-8-13(14(20)17-12-6-7-23(21,22)9-12)19-15(16-10)18-11-4-2-3-5-11/h8,11-12H,2-7,9H2,1H3,(H,17,20)(H,16,18,19). The van der Waals surface area contributed by atoms with E-state index in [-0.39, 0.29) is 29.1 Å². The first kappa shape index (κ1) is 16.2. The molecule has 23 heavy (non-hydrogen) atoms. The molecule has 1 aliphatic carbocycles. The minimum Gasteiger partial charge on any atom is -0.351 e. The van der Waals surface area contributed by atoms with Gasteiger partial charge >= 0.3 is 0 Å². The average molecular weight is 338 g/mol. The summed E-state index contributed by atoms with van der Waals surface area (Å²) in [5, 5.41) is 6.05. The summed E-state index contributed by atoms with van der Waals surface area (Å²) in [6, 6.07) is 1.67. The first-order valence-electron chi connectivity index (χ1n) is 8.05. The number of hydrogen-bond donors (Lipinski definition) is 2. The molecule has 2 fully saturated rings. The van der Waals surface area contributed by atoms with Gasteiger partial charge in [-0.3, -0.25) is 4.79 Å². The van der Waals surface area contributed by atoms with Crippen molar-refractivity contribution in [1.29, 1.82) is 0 Å². The fourth-order valence-electron chi connectivity index (χ4n) is 3.17. The maximum absolute atomic E-state index is 12.3. The Labute approximate surface area is 136 Å². The highest BCUT2D eigenvalue weighted by Crippen LogP contribution is 2.21. The smallest absolute Gasteiger partial charge is 0.270 e. The second-order valence-electron chi connectivity index (χ2n) is 6.42. The van der Waals surface area contributed by atoms with Crippen LogP contribution in [0, 0.1) is 6.92 Å². The fraction of sp³-hybridized carbons (Fsp3) is 0.667. The van der Waals surface area contributed by atoms with Gasteiger partial charge in [0.1, 0.15) is 5.69 Å². The van der Waals surface area contributed by atoms with Crippen molar-refractivity contribution in [1.82, 2.24) is 15.3 Å². The van der Waals surface area contributed by atoms with Crippen LogP contribution in [-0.4, -0.2) is 47.9 Å². The van der Waals surface area contributed by atoms with Crippen LogP contribution in [0.5, 0.6) is 0 Å². The second kappa shape index (κ2) is 6.43. The van der Waals surface area contributed by atoms with Crippen molar-refractivity contribution in [2.45, 2.75) is 51.1 Å². The van der Waals surface area contributed by atoms with E-state index in [2.05, 4.69) is 20.6 Å². The number of carbonyl (C=O) groups is 1. The van der Waals surface area contributed by atoms with E-state index in [0.29, 0.717) is 24.1 Å². The lowest BCUT2D eigenvalue weighted by atomic mass is 10.2. The van der Waals surface area contributed by atoms with Crippen LogP contribution in [0.15, 0.2) is 6.07 Å². The number of nitrogens with zero attached hydrogens (tertiary/aromatic N) is 2. The van der Waals surface area contributed by atoms with Gasteiger partial charge in [0.05, 0.1) is 11.5 Å². The van der Waals surface area contributed by atoms with Gasteiger partial charge in [0, 0.05) is 17.8 Å². The highest BCUT2D eigenvalue weighted by molar-refractivity contribution is 7.91. The van der Waals surface area contributed by atoms with E-state index in [9.17, 15) is 13.2 Å². The maximum atomic E-state index is 12.3. The Balaban J connectivity index is 1.68. The molecule has 0 spiro atoms. The first-order valence-corrected chi connectivity index (χ1v) is 9.87. The average Bonchev–Trinajstić information content (AvgIpc) is 3.08. The van der Waals surface area contributed by atoms with Crippen molar-refractivity contribution < 1.29 is 13.2 Å². The minimum atomic E-state index is -3.02. The van der Waals surface area contributed by atoms with Crippen LogP contribution >= 0.6 is 0 Å². The molecule has 1 saturated carbocycles. The molecule has 0 aromatic carbocycles. The minimum absolute atomic E-state index is 0.00991. The van der Waals surface area contributed by atoms with Gasteiger partial charge < -0.3 is 10.6 Å². The van der Waals surface area contributed by atoms with E-state index in [0.717, 1.165) is 12.8 Å². The molecular formula is C15H22N4O3S. The van der Waals surface area contributed by atoms with Gasteiger partial charge in [0.15, 0.2) is 9.84 Å². The molecule has 2 aliphatic rings. The molecule has 3 rings (SSSR count). The van der Waals surface area contributed by atoms with Gasteiger partial charge in [-0.2, -0.15) is 0 Å². The predicted molar refractivity (Wildman–Crippen MR) is 87.2 cm³/mol. The molecule has 0 radical (unpaired) electrons. The van der Waals surface area contributed by atoms with Crippen molar-refractivity contribution >= 4 is 21.7 Å². The van der Waals surface area contributed by atoms with Crippen LogP contribution in [0.4, 0.5) is 5.95 Å². The summed E-state index contributed by atoms with van der Waals surface area (Å²) in [6.45, 7) is 1.82. The second-order valence-corrected chi connectivity index (χ2v) is 8.65. The van der Waals surface area contributed by atoms with Crippen molar-refractivity contribution in [3.05, 3.63) is 17.5 Å². The van der Waals surface area contributed by atoms with Crippen LogP contribution in [0.3, 0.4) is 0 Å². The lowest BCUT2D eigenvalue weighted by Gasteiger charge is -2.14. The number of aryl methyl sites for hydroxylation is 1. The predicted octanol–water partition coefficient (Wildman–Crippen LogP) is 1.06. The number of nitrogens with one attached hydrogen (secondary N) is 2. The maximum Gasteiger partial charge on any atom is 0.270 e. The van der Waals surface area contributed by atoms with E-state index in [1.807, 2.05) is 6.92 Å². The Morgan fingerprint density at radius 1 is 1.17 bits per heavy atom. The third-order valence-corrected chi connectivity index (χ3v) is 6.11. The van der Waals surface area contributed by atoms with E-state index in [1.54, 1.807) is 6.07 Å². The number of anilines is 1. The van der Waals surface area contributed by atoms with Crippen molar-refractivity contribution in [2.24, 2.45) is 0 Å². The topological polar surface area (TPSA) is 101 Å². The molecule has 2 heterocycles. The van der Waals surface area contributed by atoms with E-state index in [4.69, 9.17) is 0 Å². The van der Waals surface area contributed by atoms with Crippen LogP contribution in [0.1, 0.15) is 48.3 Å². The highest BCUT2D eigenvalue weighted by atomic mass is 32.2. The Morgan fingerprint density at radius 3 is 2.57 bits per heavy atom. The summed E-state index contributed by atoms with van der Waals surface area (Å²) < 4.78 is 22.9. The quantitative estimate of drug-likeness (QED) is 0.851. The lowest BCUT2D eigenvalue weighted by molar-refractivity contribution is 0.0936. The Morgan fingerprint density at radius 2 is 1.91 bits per heavy atom. The zero-order valence-corrected chi connectivity index (χ0v) is 14.0. The fourth-order valence-corrected chi connectivity index (χ4v) is 4.84. The molecule has 2 N–H and O–H groups in total. The van der Waals surface area contributed by atoms with Crippen molar-refractivity contribution in [3.63, 3.8) is 0 Å². The number of amides is 1. The molecule has 7 nitrogen and oxygen atoms in total. The van der Waals surface area contributed by atoms with Crippen LogP contribution in [0.25, 0.3) is 0 Å². The molecule has 8 heteroatoms. The Kier molecular flexibility index (Phi) is 4.52. The van der Waals surface area contributed by atoms with Gasteiger partial charge in [-0.25, -0.2) is 18.4 Å². The largest absolute Gasteiger partial charge is 0.351 e. The molecule has 1 amide bonds. The first-order chi connectivity index (χ1) is 10.9. The van der Waals surface area contributed by atoms with E-state index >= 15 is 0 Å². The molecular weight excluding hydrogens is 316 g/mol. The molecule has 1 aliphatic heterocycles. The molecule has 1 aromatic rings. The lowest BCUT2D eigenvalue weighted by Crippen LogP contribution is -2.36. The van der Waals surface area contributed by atoms with E-state index < -0.39 is 9.84 Å². The Bertz CT molecular complexity index is 699. The summed E-state index contributed by atoms with van der Waals surface area (Å²) >= 11 is 0. The molecule has 126 valence electrons. The van der Waals surface area contributed by atoms with Gasteiger partial charge in [-0.05, 0) is 32.3 Å². The summed E-state index contributed by atoms with van der Waals surface area (Å²) in [4.78, 5) is 21.0. The van der Waals surface area contributed by atoms with Crippen LogP contribution < -0.4 is 10.6 Å². The number of rotatable bonds is 4. The van der Waals surface area contributed by atoms with E-state index in [1.165, 1.54) is 12.8 Å². The SMILES string of the molecule is Cc1cc(C(=O)NC2CCS(=O)(=O)C2)nc(NC2CCCC2)n1. The normalized spacial score (nSPS) is 23.8. The summed E-state index contributed by atoms with van der Waals surface area (Å²) in [5.41, 5.74) is 0.993. The summed E-state index contributed by atoms with van der Waals surface area (Å²) in [7, 11) is -3.02. The summed E-state index contributed by atoms with van der Waals surface area (Å²) in [6.07, 6.45) is 5.06. The molecule has 0 bridgehead atoms. The van der Waals surface area contributed by atoms with Gasteiger partial charge in [0.25, 0.3) is 5.91 Å². The molecule has 1 unspecified atom stereocenters. The van der Waals surface area contributed by atoms with Crippen LogP contribution in [-0.2, 0) is 9.84 Å². The molecule has 1 aromatic heterocycles. The number of hydrogen-bond acceptors (Lipinski definition) is 6. The zero-order valence-electron chi connectivity index (χ0n) is 13.2. The van der Waals surface area contributed by atoms with Gasteiger partial charge in [0.2, 0.25) is 5.95 Å². The number of sulfone groups is 1. The number of aromatic nitrogens is 2. The summed E-state index contributed by atoms with van der Waals surface area (Å²) in [5.74, 6) is 0.277. The third kappa shape index (κ3) is 4.19. The van der Waals surface area contributed by atoms with Crippen LogP contribution in [0.2, 0.25) is 0 Å².